The maximum absolute atomic E-state index is 12.1. The van der Waals surface area contributed by atoms with Gasteiger partial charge in [-0.3, -0.25) is 14.7 Å². The van der Waals surface area contributed by atoms with Gasteiger partial charge in [0.05, 0.1) is 5.69 Å². The Kier molecular flexibility index (Phi) is 5.48. The average molecular weight is 368 g/mol. The van der Waals surface area contributed by atoms with Crippen LogP contribution in [-0.4, -0.2) is 51.0 Å². The van der Waals surface area contributed by atoms with Gasteiger partial charge in [0, 0.05) is 56.0 Å². The minimum atomic E-state index is -0.0301. The molecule has 4 rings (SSSR count). The predicted molar refractivity (Wildman–Crippen MR) is 105 cm³/mol. The van der Waals surface area contributed by atoms with E-state index < -0.39 is 0 Å². The zero-order valence-corrected chi connectivity index (χ0v) is 16.0. The van der Waals surface area contributed by atoms with Crippen molar-refractivity contribution in [2.75, 3.05) is 31.1 Å². The van der Waals surface area contributed by atoms with Gasteiger partial charge in [0.25, 0.3) is 5.56 Å². The Bertz CT molecular complexity index is 804. The van der Waals surface area contributed by atoms with Crippen molar-refractivity contribution in [1.29, 1.82) is 0 Å². The van der Waals surface area contributed by atoms with Crippen molar-refractivity contribution in [3.05, 3.63) is 45.9 Å². The van der Waals surface area contributed by atoms with E-state index in [1.807, 2.05) is 12.4 Å². The summed E-state index contributed by atoms with van der Waals surface area (Å²) < 4.78 is 0. The third kappa shape index (κ3) is 4.35. The Morgan fingerprint density at radius 1 is 1.11 bits per heavy atom. The molecule has 4 heterocycles. The molecule has 2 aromatic rings. The molecular weight excluding hydrogens is 340 g/mol. The van der Waals surface area contributed by atoms with Crippen LogP contribution < -0.4 is 10.5 Å². The molecule has 0 radical (unpaired) electrons. The molecule has 0 saturated carbocycles. The maximum Gasteiger partial charge on any atom is 0.252 e. The van der Waals surface area contributed by atoms with E-state index in [9.17, 15) is 4.79 Å². The average Bonchev–Trinajstić information content (AvgIpc) is 3.24. The van der Waals surface area contributed by atoms with Crippen LogP contribution in [0.1, 0.15) is 55.6 Å². The van der Waals surface area contributed by atoms with Crippen molar-refractivity contribution < 1.29 is 0 Å². The molecule has 0 aliphatic carbocycles. The summed E-state index contributed by atoms with van der Waals surface area (Å²) in [5.41, 5.74) is 2.09. The quantitative estimate of drug-likeness (QED) is 0.871. The minimum absolute atomic E-state index is 0.0301. The van der Waals surface area contributed by atoms with Gasteiger partial charge < -0.3 is 4.90 Å². The molecule has 0 spiro atoms. The lowest BCUT2D eigenvalue weighted by atomic mass is 9.93. The zero-order valence-electron chi connectivity index (χ0n) is 16.0. The molecular formula is C20H28N6O. The Hall–Kier alpha value is -2.28. The number of aromatic nitrogens is 4. The van der Waals surface area contributed by atoms with Crippen molar-refractivity contribution in [2.24, 2.45) is 0 Å². The van der Waals surface area contributed by atoms with Gasteiger partial charge in [-0.25, -0.2) is 15.0 Å². The second-order valence-corrected chi connectivity index (χ2v) is 7.60. The molecule has 2 aliphatic heterocycles. The van der Waals surface area contributed by atoms with Crippen LogP contribution in [0.3, 0.4) is 0 Å². The summed E-state index contributed by atoms with van der Waals surface area (Å²) in [5, 5.41) is 0. The molecule has 0 bridgehead atoms. The van der Waals surface area contributed by atoms with E-state index in [-0.39, 0.29) is 5.56 Å². The first-order valence-electron chi connectivity index (χ1n) is 10.1. The van der Waals surface area contributed by atoms with Gasteiger partial charge in [-0.2, -0.15) is 0 Å². The number of aryl methyl sites for hydroxylation is 1. The van der Waals surface area contributed by atoms with Crippen molar-refractivity contribution in [3.63, 3.8) is 0 Å². The van der Waals surface area contributed by atoms with Crippen LogP contribution in [0, 0.1) is 0 Å². The third-order valence-corrected chi connectivity index (χ3v) is 5.64. The summed E-state index contributed by atoms with van der Waals surface area (Å²) in [5.74, 6) is 2.01. The lowest BCUT2D eigenvalue weighted by molar-refractivity contribution is 0.203. The highest BCUT2D eigenvalue weighted by Gasteiger charge is 2.24. The van der Waals surface area contributed by atoms with Gasteiger partial charge in [0.15, 0.2) is 0 Å². The number of nitrogens with zero attached hydrogens (tertiary/aromatic N) is 5. The van der Waals surface area contributed by atoms with E-state index in [4.69, 9.17) is 4.98 Å². The smallest absolute Gasteiger partial charge is 0.252 e. The fourth-order valence-corrected chi connectivity index (χ4v) is 4.04. The first kappa shape index (κ1) is 18.1. The summed E-state index contributed by atoms with van der Waals surface area (Å²) in [7, 11) is 0. The van der Waals surface area contributed by atoms with Crippen LogP contribution in [0.5, 0.6) is 0 Å². The van der Waals surface area contributed by atoms with Crippen LogP contribution >= 0.6 is 0 Å². The van der Waals surface area contributed by atoms with Gasteiger partial charge >= 0.3 is 0 Å². The van der Waals surface area contributed by atoms with Crippen molar-refractivity contribution in [1.82, 2.24) is 24.8 Å². The number of hydrogen-bond donors (Lipinski definition) is 1. The minimum Gasteiger partial charge on any atom is -0.342 e. The SMILES string of the molecule is CCc1ncc(CN2CCC(c3cc(=O)[nH]c(N4CCCC4)n3)CC2)cn1. The number of rotatable bonds is 5. The summed E-state index contributed by atoms with van der Waals surface area (Å²) >= 11 is 0. The Balaban J connectivity index is 1.38. The van der Waals surface area contributed by atoms with Crippen molar-refractivity contribution >= 4 is 5.95 Å². The summed E-state index contributed by atoms with van der Waals surface area (Å²) in [4.78, 5) is 33.3. The fraction of sp³-hybridized carbons (Fsp3) is 0.600. The van der Waals surface area contributed by atoms with E-state index in [2.05, 4.69) is 31.7 Å². The van der Waals surface area contributed by atoms with Crippen molar-refractivity contribution in [3.8, 4) is 0 Å². The molecule has 27 heavy (non-hydrogen) atoms. The molecule has 0 aromatic carbocycles. The number of likely N-dealkylation sites (tertiary alicyclic amines) is 1. The Morgan fingerprint density at radius 2 is 1.81 bits per heavy atom. The van der Waals surface area contributed by atoms with Crippen LogP contribution in [-0.2, 0) is 13.0 Å². The molecule has 2 fully saturated rings. The zero-order chi connectivity index (χ0) is 18.6. The Morgan fingerprint density at radius 3 is 2.48 bits per heavy atom. The molecule has 0 amide bonds. The lowest BCUT2D eigenvalue weighted by Crippen LogP contribution is -2.33. The van der Waals surface area contributed by atoms with Gasteiger partial charge in [-0.1, -0.05) is 6.92 Å². The number of nitrogens with one attached hydrogen (secondary N) is 1. The molecule has 7 nitrogen and oxygen atoms in total. The van der Waals surface area contributed by atoms with E-state index in [1.54, 1.807) is 6.07 Å². The van der Waals surface area contributed by atoms with E-state index >= 15 is 0 Å². The number of aromatic amines is 1. The summed E-state index contributed by atoms with van der Waals surface area (Å²) in [6.45, 7) is 6.95. The molecule has 1 N–H and O–H groups in total. The van der Waals surface area contributed by atoms with E-state index in [0.29, 0.717) is 5.92 Å². The monoisotopic (exact) mass is 368 g/mol. The lowest BCUT2D eigenvalue weighted by Gasteiger charge is -2.31. The number of anilines is 1. The van der Waals surface area contributed by atoms with Gasteiger partial charge in [-0.15, -0.1) is 0 Å². The van der Waals surface area contributed by atoms with Crippen LogP contribution in [0.2, 0.25) is 0 Å². The van der Waals surface area contributed by atoms with Gasteiger partial charge in [0.1, 0.15) is 5.82 Å². The predicted octanol–water partition coefficient (Wildman–Crippen LogP) is 2.10. The maximum atomic E-state index is 12.1. The van der Waals surface area contributed by atoms with Gasteiger partial charge in [0.2, 0.25) is 5.95 Å². The summed E-state index contributed by atoms with van der Waals surface area (Å²) in [6, 6.07) is 1.69. The van der Waals surface area contributed by atoms with Crippen LogP contribution in [0.25, 0.3) is 0 Å². The molecule has 2 saturated heterocycles. The van der Waals surface area contributed by atoms with Gasteiger partial charge in [-0.05, 0) is 38.8 Å². The first-order chi connectivity index (χ1) is 13.2. The normalized spacial score (nSPS) is 18.9. The highest BCUT2D eigenvalue weighted by atomic mass is 16.1. The van der Waals surface area contributed by atoms with E-state index in [1.165, 1.54) is 12.8 Å². The third-order valence-electron chi connectivity index (χ3n) is 5.64. The molecule has 0 unspecified atom stereocenters. The second-order valence-electron chi connectivity index (χ2n) is 7.60. The fourth-order valence-electron chi connectivity index (χ4n) is 4.04. The molecule has 7 heteroatoms. The number of piperidine rings is 1. The number of hydrogen-bond acceptors (Lipinski definition) is 6. The highest BCUT2D eigenvalue weighted by Crippen LogP contribution is 2.28. The molecule has 2 aliphatic rings. The highest BCUT2D eigenvalue weighted by molar-refractivity contribution is 5.32. The molecule has 0 atom stereocenters. The van der Waals surface area contributed by atoms with Crippen molar-refractivity contribution in [2.45, 2.75) is 51.5 Å². The second kappa shape index (κ2) is 8.17. The Labute approximate surface area is 159 Å². The summed E-state index contributed by atoms with van der Waals surface area (Å²) in [6.07, 6.45) is 9.17. The first-order valence-corrected chi connectivity index (χ1v) is 10.1. The molecule has 144 valence electrons. The van der Waals surface area contributed by atoms with E-state index in [0.717, 1.165) is 75.0 Å². The number of H-pyrrole nitrogens is 1. The standard InChI is InChI=1S/C20H28N6O/c1-2-18-21-12-15(13-22-18)14-25-9-5-16(6-10-25)17-11-19(27)24-20(23-17)26-7-3-4-8-26/h11-13,16H,2-10,14H2,1H3,(H,23,24,27). The molecule has 2 aromatic heterocycles. The van der Waals surface area contributed by atoms with Crippen LogP contribution in [0.15, 0.2) is 23.3 Å². The largest absolute Gasteiger partial charge is 0.342 e. The van der Waals surface area contributed by atoms with Crippen LogP contribution in [0.4, 0.5) is 5.95 Å². The topological polar surface area (TPSA) is 78.0 Å².